The van der Waals surface area contributed by atoms with E-state index in [4.69, 9.17) is 5.11 Å². The zero-order valence-corrected chi connectivity index (χ0v) is 7.28. The number of nitrogens with zero attached hydrogens (tertiary/aromatic N) is 1. The summed E-state index contributed by atoms with van der Waals surface area (Å²) < 4.78 is 0. The number of aliphatic carboxylic acids is 1. The molecule has 0 aromatic rings. The Morgan fingerprint density at radius 1 is 1.58 bits per heavy atom. The monoisotopic (exact) mass is 174 g/mol. The Kier molecular flexibility index (Phi) is 4.99. The van der Waals surface area contributed by atoms with Crippen molar-refractivity contribution in [3.05, 3.63) is 4.91 Å². The Morgan fingerprint density at radius 3 is 2.50 bits per heavy atom. The predicted octanol–water partition coefficient (Wildman–Crippen LogP) is 1.15. The molecule has 0 saturated heterocycles. The van der Waals surface area contributed by atoms with Gasteiger partial charge in [0.15, 0.2) is 0 Å². The molecule has 0 fully saturated rings. The predicted molar refractivity (Wildman–Crippen MR) is 44.4 cm³/mol. The summed E-state index contributed by atoms with van der Waals surface area (Å²) in [6, 6.07) is -0.347. The van der Waals surface area contributed by atoms with E-state index < -0.39 is 5.97 Å². The molecular weight excluding hydrogens is 160 g/mol. The van der Waals surface area contributed by atoms with Crippen molar-refractivity contribution in [1.29, 1.82) is 0 Å². The fourth-order valence-corrected chi connectivity index (χ4v) is 1.04. The van der Waals surface area contributed by atoms with Crippen LogP contribution in [0.5, 0.6) is 0 Å². The van der Waals surface area contributed by atoms with Gasteiger partial charge in [0.25, 0.3) is 0 Å². The second kappa shape index (κ2) is 5.51. The van der Waals surface area contributed by atoms with E-state index in [1.54, 1.807) is 0 Å². The van der Waals surface area contributed by atoms with Crippen molar-refractivity contribution in [3.8, 4) is 0 Å². The lowest BCUT2D eigenvalue weighted by molar-refractivity contribution is -0.137. The maximum Gasteiger partial charge on any atom is 0.305 e. The second-order valence-electron chi connectivity index (χ2n) is 3.14. The van der Waals surface area contributed by atoms with E-state index in [0.717, 1.165) is 0 Å². The van der Waals surface area contributed by atoms with Gasteiger partial charge < -0.3 is 5.11 Å². The summed E-state index contributed by atoms with van der Waals surface area (Å²) in [6.45, 7) is 3.92. The molecule has 0 aliphatic rings. The van der Waals surface area contributed by atoms with Gasteiger partial charge in [0.2, 0.25) is 0 Å². The SMILES string of the molecule is CC(C)C[C@@H](CC(=O)O)NN=O. The van der Waals surface area contributed by atoms with Crippen molar-refractivity contribution >= 4 is 5.97 Å². The highest BCUT2D eigenvalue weighted by atomic mass is 16.4. The van der Waals surface area contributed by atoms with Crippen LogP contribution in [-0.2, 0) is 4.79 Å². The van der Waals surface area contributed by atoms with E-state index >= 15 is 0 Å². The Balaban J connectivity index is 3.85. The number of carbonyl (C=O) groups is 1. The molecule has 0 rings (SSSR count). The maximum absolute atomic E-state index is 10.3. The summed E-state index contributed by atoms with van der Waals surface area (Å²) in [5.41, 5.74) is 2.23. The molecule has 0 spiro atoms. The largest absolute Gasteiger partial charge is 0.481 e. The zero-order valence-electron chi connectivity index (χ0n) is 7.28. The Labute approximate surface area is 71.1 Å². The Hall–Kier alpha value is -1.13. The summed E-state index contributed by atoms with van der Waals surface area (Å²) in [7, 11) is 0. The molecule has 0 unspecified atom stereocenters. The average Bonchev–Trinajstić information content (AvgIpc) is 1.84. The van der Waals surface area contributed by atoms with Gasteiger partial charge in [-0.2, -0.15) is 0 Å². The van der Waals surface area contributed by atoms with Crippen LogP contribution in [0.4, 0.5) is 0 Å². The first kappa shape index (κ1) is 10.9. The number of carboxylic acid groups (broad SMARTS) is 1. The van der Waals surface area contributed by atoms with Gasteiger partial charge in [-0.15, -0.1) is 4.91 Å². The minimum atomic E-state index is -0.920. The average molecular weight is 174 g/mol. The lowest BCUT2D eigenvalue weighted by atomic mass is 10.0. The van der Waals surface area contributed by atoms with Crippen LogP contribution in [0.1, 0.15) is 26.7 Å². The summed E-state index contributed by atoms with van der Waals surface area (Å²) >= 11 is 0. The first-order valence-electron chi connectivity index (χ1n) is 3.86. The van der Waals surface area contributed by atoms with Gasteiger partial charge in [0.05, 0.1) is 12.5 Å². The topological polar surface area (TPSA) is 78.8 Å². The fraction of sp³-hybridized carbons (Fsp3) is 0.857. The number of hydrogen-bond acceptors (Lipinski definition) is 3. The van der Waals surface area contributed by atoms with Crippen LogP contribution in [0.25, 0.3) is 0 Å². The third-order valence-corrected chi connectivity index (χ3v) is 1.41. The molecule has 0 amide bonds. The molecule has 0 saturated carbocycles. The third kappa shape index (κ3) is 5.64. The molecule has 0 aromatic heterocycles. The summed E-state index contributed by atoms with van der Waals surface area (Å²) in [4.78, 5) is 20.1. The molecule has 5 heteroatoms. The molecule has 0 aliphatic heterocycles. The lowest BCUT2D eigenvalue weighted by Gasteiger charge is -2.14. The highest BCUT2D eigenvalue weighted by Gasteiger charge is 2.13. The quantitative estimate of drug-likeness (QED) is 0.467. The van der Waals surface area contributed by atoms with E-state index in [9.17, 15) is 9.70 Å². The van der Waals surface area contributed by atoms with Gasteiger partial charge in [0, 0.05) is 5.29 Å². The summed E-state index contributed by atoms with van der Waals surface area (Å²) in [5, 5.41) is 10.9. The van der Waals surface area contributed by atoms with Crippen molar-refractivity contribution in [2.24, 2.45) is 11.2 Å². The molecule has 0 radical (unpaired) electrons. The first-order chi connectivity index (χ1) is 5.56. The van der Waals surface area contributed by atoms with Crippen LogP contribution in [0.3, 0.4) is 0 Å². The molecule has 1 atom stereocenters. The Morgan fingerprint density at radius 2 is 2.17 bits per heavy atom. The van der Waals surface area contributed by atoms with Gasteiger partial charge >= 0.3 is 5.97 Å². The van der Waals surface area contributed by atoms with Crippen molar-refractivity contribution < 1.29 is 9.90 Å². The second-order valence-corrected chi connectivity index (χ2v) is 3.14. The molecule has 0 aliphatic carbocycles. The molecule has 5 nitrogen and oxygen atoms in total. The van der Waals surface area contributed by atoms with Gasteiger partial charge in [-0.05, 0) is 12.3 Å². The lowest BCUT2D eigenvalue weighted by Crippen LogP contribution is -2.28. The van der Waals surface area contributed by atoms with E-state index in [1.165, 1.54) is 0 Å². The molecule has 0 aromatic carbocycles. The summed E-state index contributed by atoms with van der Waals surface area (Å²) in [6.07, 6.45) is 0.571. The number of nitrogens with one attached hydrogen (secondary N) is 1. The number of nitroso groups, excluding NO2 is 1. The molecule has 0 heterocycles. The Bertz CT molecular complexity index is 159. The maximum atomic E-state index is 10.3. The number of hydrogen-bond donors (Lipinski definition) is 2. The van der Waals surface area contributed by atoms with Gasteiger partial charge in [-0.1, -0.05) is 13.8 Å². The smallest absolute Gasteiger partial charge is 0.305 e. The van der Waals surface area contributed by atoms with Crippen molar-refractivity contribution in [3.63, 3.8) is 0 Å². The minimum Gasteiger partial charge on any atom is -0.481 e. The molecule has 0 bridgehead atoms. The fourth-order valence-electron chi connectivity index (χ4n) is 1.04. The molecule has 2 N–H and O–H groups in total. The van der Waals surface area contributed by atoms with E-state index in [-0.39, 0.29) is 12.5 Å². The van der Waals surface area contributed by atoms with E-state index in [2.05, 4.69) is 10.7 Å². The number of carboxylic acids is 1. The minimum absolute atomic E-state index is 0.0656. The van der Waals surface area contributed by atoms with Crippen LogP contribution in [-0.4, -0.2) is 17.1 Å². The summed E-state index contributed by atoms with van der Waals surface area (Å²) in [5.74, 6) is -0.569. The van der Waals surface area contributed by atoms with Crippen LogP contribution in [0, 0.1) is 10.8 Å². The van der Waals surface area contributed by atoms with Crippen molar-refractivity contribution in [1.82, 2.24) is 5.43 Å². The molecule has 70 valence electrons. The van der Waals surface area contributed by atoms with Crippen molar-refractivity contribution in [2.75, 3.05) is 0 Å². The normalized spacial score (nSPS) is 12.6. The highest BCUT2D eigenvalue weighted by Crippen LogP contribution is 2.07. The van der Waals surface area contributed by atoms with Gasteiger partial charge in [-0.25, -0.2) is 0 Å². The zero-order chi connectivity index (χ0) is 9.56. The van der Waals surface area contributed by atoms with Crippen LogP contribution in [0.2, 0.25) is 0 Å². The van der Waals surface area contributed by atoms with Crippen LogP contribution < -0.4 is 5.43 Å². The number of rotatable bonds is 6. The van der Waals surface area contributed by atoms with E-state index in [1.807, 2.05) is 13.8 Å². The highest BCUT2D eigenvalue weighted by molar-refractivity contribution is 5.67. The third-order valence-electron chi connectivity index (χ3n) is 1.41. The van der Waals surface area contributed by atoms with Crippen molar-refractivity contribution in [2.45, 2.75) is 32.7 Å². The first-order valence-corrected chi connectivity index (χ1v) is 3.86. The van der Waals surface area contributed by atoms with Gasteiger partial charge in [-0.3, -0.25) is 10.2 Å². The van der Waals surface area contributed by atoms with Crippen LogP contribution in [0.15, 0.2) is 5.29 Å². The molecule has 12 heavy (non-hydrogen) atoms. The van der Waals surface area contributed by atoms with Gasteiger partial charge in [0.1, 0.15) is 0 Å². The van der Waals surface area contributed by atoms with E-state index in [0.29, 0.717) is 12.3 Å². The molecular formula is C7H14N2O3. The van der Waals surface area contributed by atoms with Crippen LogP contribution >= 0.6 is 0 Å². The standard InChI is InChI=1S/C7H14N2O3/c1-5(2)3-6(8-9-12)4-7(10)11/h5-6H,3-4H2,1-2H3,(H,8,12)(H,10,11)/t6-/m0/s1.